The fourth-order valence-corrected chi connectivity index (χ4v) is 2.87. The molecular weight excluding hydrogens is 401 g/mol. The minimum Gasteiger partial charge on any atom is -0.507 e. The summed E-state index contributed by atoms with van der Waals surface area (Å²) in [6.07, 6.45) is -1.05. The molecule has 0 aromatic heterocycles. The SMILES string of the molecule is O=C(c1ccccc1O)C(I)C(O[N+](=O)[O-])c1ccccc1. The summed E-state index contributed by atoms with van der Waals surface area (Å²) >= 11 is 1.80. The molecule has 7 heteroatoms. The zero-order valence-electron chi connectivity index (χ0n) is 11.3. The summed E-state index contributed by atoms with van der Waals surface area (Å²) in [7, 11) is 0. The molecule has 0 aliphatic rings. The molecule has 22 heavy (non-hydrogen) atoms. The van der Waals surface area contributed by atoms with Crippen molar-refractivity contribution < 1.29 is 19.8 Å². The molecule has 0 aliphatic heterocycles. The minimum absolute atomic E-state index is 0.106. The van der Waals surface area contributed by atoms with Gasteiger partial charge >= 0.3 is 0 Å². The van der Waals surface area contributed by atoms with Gasteiger partial charge in [0.05, 0.1) is 5.56 Å². The summed E-state index contributed by atoms with van der Waals surface area (Å²) in [6.45, 7) is 0. The second kappa shape index (κ2) is 7.21. The topological polar surface area (TPSA) is 89.7 Å². The van der Waals surface area contributed by atoms with Gasteiger partial charge in [0.1, 0.15) is 9.67 Å². The lowest BCUT2D eigenvalue weighted by Gasteiger charge is -2.20. The molecule has 0 amide bonds. The fraction of sp³-hybridized carbons (Fsp3) is 0.133. The van der Waals surface area contributed by atoms with Crippen LogP contribution in [0, 0.1) is 10.1 Å². The molecule has 1 N–H and O–H groups in total. The quantitative estimate of drug-likeness (QED) is 0.258. The molecule has 2 aromatic carbocycles. The van der Waals surface area contributed by atoms with E-state index in [2.05, 4.69) is 0 Å². The molecule has 0 spiro atoms. The molecule has 0 fully saturated rings. The number of nitrogens with zero attached hydrogens (tertiary/aromatic N) is 1. The summed E-state index contributed by atoms with van der Waals surface area (Å²) < 4.78 is -0.862. The van der Waals surface area contributed by atoms with Crippen LogP contribution in [0.4, 0.5) is 0 Å². The Kier molecular flexibility index (Phi) is 5.31. The Bertz CT molecular complexity index is 677. The van der Waals surface area contributed by atoms with Crippen LogP contribution in [0.2, 0.25) is 0 Å². The Labute approximate surface area is 140 Å². The van der Waals surface area contributed by atoms with Crippen LogP contribution >= 0.6 is 22.6 Å². The normalized spacial score (nSPS) is 13.1. The van der Waals surface area contributed by atoms with E-state index >= 15 is 0 Å². The number of halogens is 1. The molecule has 0 saturated heterocycles. The molecule has 2 atom stereocenters. The third-order valence-electron chi connectivity index (χ3n) is 3.01. The number of carbonyl (C=O) groups excluding carboxylic acids is 1. The van der Waals surface area contributed by atoms with Crippen molar-refractivity contribution in [2.45, 2.75) is 10.0 Å². The number of phenolic OH excluding ortho intramolecular Hbond substituents is 1. The van der Waals surface area contributed by atoms with E-state index in [1.165, 1.54) is 12.1 Å². The van der Waals surface area contributed by atoms with Crippen LogP contribution in [0.3, 0.4) is 0 Å². The van der Waals surface area contributed by atoms with Crippen molar-refractivity contribution in [1.29, 1.82) is 0 Å². The summed E-state index contributed by atoms with van der Waals surface area (Å²) in [5, 5.41) is 19.6. The van der Waals surface area contributed by atoms with Crippen molar-refractivity contribution in [1.82, 2.24) is 0 Å². The van der Waals surface area contributed by atoms with Gasteiger partial charge in [-0.1, -0.05) is 65.1 Å². The van der Waals surface area contributed by atoms with Crippen LogP contribution < -0.4 is 0 Å². The number of ketones is 1. The lowest BCUT2D eigenvalue weighted by atomic mass is 9.99. The van der Waals surface area contributed by atoms with Gasteiger partial charge in [0, 0.05) is 0 Å². The Morgan fingerprint density at radius 1 is 1.14 bits per heavy atom. The molecule has 0 saturated carbocycles. The largest absolute Gasteiger partial charge is 0.507 e. The van der Waals surface area contributed by atoms with E-state index in [4.69, 9.17) is 4.84 Å². The molecule has 6 nitrogen and oxygen atoms in total. The van der Waals surface area contributed by atoms with Crippen LogP contribution in [0.25, 0.3) is 0 Å². The first-order valence-electron chi connectivity index (χ1n) is 6.33. The number of Topliss-reactive ketones (excluding diaryl/α,β-unsaturated/α-hetero) is 1. The van der Waals surface area contributed by atoms with Crippen molar-refractivity contribution in [3.8, 4) is 5.75 Å². The van der Waals surface area contributed by atoms with Crippen molar-refractivity contribution >= 4 is 28.4 Å². The molecule has 0 radical (unpaired) electrons. The van der Waals surface area contributed by atoms with Crippen molar-refractivity contribution in [3.63, 3.8) is 0 Å². The first-order chi connectivity index (χ1) is 10.5. The van der Waals surface area contributed by atoms with Gasteiger partial charge in [-0.25, -0.2) is 0 Å². The molecule has 2 rings (SSSR count). The van der Waals surface area contributed by atoms with Gasteiger partial charge in [-0.3, -0.25) is 4.79 Å². The number of hydrogen-bond acceptors (Lipinski definition) is 5. The molecule has 0 aliphatic carbocycles. The summed E-state index contributed by atoms with van der Waals surface area (Å²) in [6, 6.07) is 14.5. The number of para-hydroxylation sites is 1. The summed E-state index contributed by atoms with van der Waals surface area (Å²) in [5.74, 6) is -0.600. The number of carbonyl (C=O) groups is 1. The minimum atomic E-state index is -1.05. The highest BCUT2D eigenvalue weighted by Gasteiger charge is 2.32. The first kappa shape index (κ1) is 16.2. The molecule has 0 heterocycles. The van der Waals surface area contributed by atoms with Gasteiger partial charge in [-0.2, -0.15) is 0 Å². The van der Waals surface area contributed by atoms with Gasteiger partial charge in [-0.15, -0.1) is 10.1 Å². The number of phenols is 1. The third-order valence-corrected chi connectivity index (χ3v) is 4.23. The maximum absolute atomic E-state index is 12.5. The van der Waals surface area contributed by atoms with Crippen LogP contribution in [0.5, 0.6) is 5.75 Å². The predicted molar refractivity (Wildman–Crippen MR) is 87.5 cm³/mol. The maximum Gasteiger partial charge on any atom is 0.295 e. The fourth-order valence-electron chi connectivity index (χ4n) is 1.99. The van der Waals surface area contributed by atoms with Crippen LogP contribution in [0.1, 0.15) is 22.0 Å². The van der Waals surface area contributed by atoms with Crippen LogP contribution in [-0.2, 0) is 4.84 Å². The van der Waals surface area contributed by atoms with Crippen LogP contribution in [-0.4, -0.2) is 19.9 Å². The van der Waals surface area contributed by atoms with Crippen molar-refractivity contribution in [3.05, 3.63) is 75.8 Å². The van der Waals surface area contributed by atoms with E-state index in [0.29, 0.717) is 5.56 Å². The molecule has 0 bridgehead atoms. The predicted octanol–water partition coefficient (Wildman–Crippen LogP) is 3.33. The Balaban J connectivity index is 2.33. The lowest BCUT2D eigenvalue weighted by molar-refractivity contribution is -0.770. The van der Waals surface area contributed by atoms with E-state index in [1.807, 2.05) is 0 Å². The number of rotatable bonds is 6. The Morgan fingerprint density at radius 2 is 1.73 bits per heavy atom. The smallest absolute Gasteiger partial charge is 0.295 e. The second-order valence-electron chi connectivity index (χ2n) is 4.44. The third kappa shape index (κ3) is 3.73. The van der Waals surface area contributed by atoms with Crippen LogP contribution in [0.15, 0.2) is 54.6 Å². The van der Waals surface area contributed by atoms with Gasteiger partial charge in [0.25, 0.3) is 5.09 Å². The number of benzene rings is 2. The highest BCUT2D eigenvalue weighted by Crippen LogP contribution is 2.31. The van der Waals surface area contributed by atoms with E-state index in [-0.39, 0.29) is 11.3 Å². The van der Waals surface area contributed by atoms with Crippen molar-refractivity contribution in [2.75, 3.05) is 0 Å². The van der Waals surface area contributed by atoms with Gasteiger partial charge < -0.3 is 9.94 Å². The summed E-state index contributed by atoms with van der Waals surface area (Å²) in [4.78, 5) is 27.9. The Hall–Kier alpha value is -2.16. The van der Waals surface area contributed by atoms with E-state index in [9.17, 15) is 20.0 Å². The van der Waals surface area contributed by atoms with Crippen molar-refractivity contribution in [2.24, 2.45) is 0 Å². The highest BCUT2D eigenvalue weighted by molar-refractivity contribution is 14.1. The average Bonchev–Trinajstić information content (AvgIpc) is 2.52. The second-order valence-corrected chi connectivity index (χ2v) is 5.79. The monoisotopic (exact) mass is 413 g/mol. The van der Waals surface area contributed by atoms with E-state index in [0.717, 1.165) is 0 Å². The average molecular weight is 413 g/mol. The Morgan fingerprint density at radius 3 is 2.32 bits per heavy atom. The maximum atomic E-state index is 12.5. The first-order valence-corrected chi connectivity index (χ1v) is 7.57. The van der Waals surface area contributed by atoms with Gasteiger partial charge in [-0.05, 0) is 17.7 Å². The number of aromatic hydroxyl groups is 1. The highest BCUT2D eigenvalue weighted by atomic mass is 127. The standard InChI is InChI=1S/C15H12INO5/c16-13(14(19)11-8-4-5-9-12(11)18)15(22-17(20)21)10-6-2-1-3-7-10/h1-9,13,15,18H. The number of hydrogen-bond donors (Lipinski definition) is 1. The number of alkyl halides is 1. The van der Waals surface area contributed by atoms with Gasteiger partial charge in [0.2, 0.25) is 0 Å². The lowest BCUT2D eigenvalue weighted by Crippen LogP contribution is -2.26. The molecule has 2 unspecified atom stereocenters. The summed E-state index contributed by atoms with van der Waals surface area (Å²) in [5.41, 5.74) is 0.622. The zero-order chi connectivity index (χ0) is 16.1. The molecule has 114 valence electrons. The van der Waals surface area contributed by atoms with Gasteiger partial charge in [0.15, 0.2) is 11.9 Å². The molecular formula is C15H12INO5. The van der Waals surface area contributed by atoms with E-state index < -0.39 is 20.9 Å². The molecule has 2 aromatic rings. The zero-order valence-corrected chi connectivity index (χ0v) is 13.4. The van der Waals surface area contributed by atoms with E-state index in [1.54, 1.807) is 65.1 Å².